The van der Waals surface area contributed by atoms with Gasteiger partial charge in [-0.15, -0.1) is 0 Å². The van der Waals surface area contributed by atoms with E-state index in [1.165, 1.54) is 17.0 Å². The summed E-state index contributed by atoms with van der Waals surface area (Å²) in [7, 11) is 0. The third-order valence-corrected chi connectivity index (χ3v) is 6.71. The van der Waals surface area contributed by atoms with Crippen molar-refractivity contribution in [2.24, 2.45) is 23.2 Å². The van der Waals surface area contributed by atoms with Crippen LogP contribution in [-0.4, -0.2) is 16.7 Å². The van der Waals surface area contributed by atoms with Crippen molar-refractivity contribution in [1.29, 1.82) is 0 Å². The maximum Gasteiger partial charge on any atom is 0.277 e. The largest absolute Gasteiger partial charge is 0.277 e. The number of nitrogens with zero attached hydrogens (tertiary/aromatic N) is 2. The lowest BCUT2D eigenvalue weighted by Gasteiger charge is -2.45. The molecule has 0 N–H and O–H groups in total. The highest BCUT2D eigenvalue weighted by Gasteiger charge is 2.64. The minimum Gasteiger partial charge on any atom is -0.274 e. The monoisotopic (exact) mass is 362 g/mol. The molecule has 136 valence electrons. The molecule has 2 amide bonds. The number of carbonyl (C=O) groups excluding carboxylic acids is 2. The number of amides is 2. The number of nitro benzene ring substituents is 1. The summed E-state index contributed by atoms with van der Waals surface area (Å²) in [6.45, 7) is 1.91. The lowest BCUT2D eigenvalue weighted by molar-refractivity contribution is -0.383. The van der Waals surface area contributed by atoms with Gasteiger partial charge in [0.15, 0.2) is 0 Å². The summed E-state index contributed by atoms with van der Waals surface area (Å²) in [5, 5.41) is 12.4. The van der Waals surface area contributed by atoms with Crippen LogP contribution in [0.25, 0.3) is 10.8 Å². The van der Waals surface area contributed by atoms with E-state index in [1.807, 2.05) is 6.92 Å². The molecule has 4 aliphatic rings. The van der Waals surface area contributed by atoms with Gasteiger partial charge in [0.05, 0.1) is 27.3 Å². The lowest BCUT2D eigenvalue weighted by atomic mass is 9.55. The topological polar surface area (TPSA) is 80.5 Å². The highest BCUT2D eigenvalue weighted by Crippen LogP contribution is 2.58. The number of rotatable bonds is 2. The van der Waals surface area contributed by atoms with Crippen LogP contribution in [0.1, 0.15) is 19.8 Å². The quantitative estimate of drug-likeness (QED) is 0.352. The molecule has 6 rings (SSSR count). The van der Waals surface area contributed by atoms with Crippen molar-refractivity contribution in [2.45, 2.75) is 19.8 Å². The van der Waals surface area contributed by atoms with Crippen LogP contribution in [-0.2, 0) is 9.59 Å². The molecule has 0 spiro atoms. The lowest BCUT2D eigenvalue weighted by Crippen LogP contribution is -2.47. The Labute approximate surface area is 155 Å². The number of non-ortho nitro benzene ring substituents is 1. The van der Waals surface area contributed by atoms with E-state index >= 15 is 0 Å². The number of hydrogen-bond acceptors (Lipinski definition) is 4. The second kappa shape index (κ2) is 5.25. The third-order valence-electron chi connectivity index (χ3n) is 6.71. The zero-order valence-electron chi connectivity index (χ0n) is 14.8. The van der Waals surface area contributed by atoms with Gasteiger partial charge in [-0.1, -0.05) is 30.4 Å². The van der Waals surface area contributed by atoms with Crippen LogP contribution >= 0.6 is 0 Å². The molecule has 6 heteroatoms. The molecule has 27 heavy (non-hydrogen) atoms. The first-order valence-corrected chi connectivity index (χ1v) is 9.17. The van der Waals surface area contributed by atoms with Crippen LogP contribution in [0.5, 0.6) is 0 Å². The fourth-order valence-electron chi connectivity index (χ4n) is 5.36. The van der Waals surface area contributed by atoms with Crippen molar-refractivity contribution in [3.8, 4) is 0 Å². The predicted molar refractivity (Wildman–Crippen MR) is 100 cm³/mol. The molecule has 4 atom stereocenters. The van der Waals surface area contributed by atoms with E-state index in [0.29, 0.717) is 16.5 Å². The number of allylic oxidation sites excluding steroid dienone is 2. The van der Waals surface area contributed by atoms with Gasteiger partial charge in [-0.05, 0) is 43.7 Å². The third kappa shape index (κ3) is 1.90. The second-order valence-electron chi connectivity index (χ2n) is 7.88. The molecule has 0 unspecified atom stereocenters. The zero-order valence-corrected chi connectivity index (χ0v) is 14.8. The van der Waals surface area contributed by atoms with Crippen LogP contribution in [0.15, 0.2) is 48.6 Å². The first-order chi connectivity index (χ1) is 12.9. The molecular weight excluding hydrogens is 344 g/mol. The maximum absolute atomic E-state index is 13.5. The van der Waals surface area contributed by atoms with E-state index in [9.17, 15) is 19.7 Å². The number of carbonyl (C=O) groups is 2. The van der Waals surface area contributed by atoms with E-state index < -0.39 is 10.3 Å². The summed E-state index contributed by atoms with van der Waals surface area (Å²) < 4.78 is 0. The molecule has 2 aromatic carbocycles. The zero-order chi connectivity index (χ0) is 18.9. The van der Waals surface area contributed by atoms with Crippen molar-refractivity contribution >= 4 is 34.0 Å². The summed E-state index contributed by atoms with van der Waals surface area (Å²) >= 11 is 0. The molecule has 6 nitrogen and oxygen atoms in total. The normalized spacial score (nSPS) is 31.6. The number of benzene rings is 2. The van der Waals surface area contributed by atoms with Gasteiger partial charge >= 0.3 is 0 Å². The summed E-state index contributed by atoms with van der Waals surface area (Å²) in [5.41, 5.74) is -0.308. The van der Waals surface area contributed by atoms with Crippen molar-refractivity contribution in [2.75, 3.05) is 4.90 Å². The number of nitro groups is 1. The van der Waals surface area contributed by atoms with E-state index in [-0.39, 0.29) is 35.3 Å². The second-order valence-corrected chi connectivity index (χ2v) is 7.88. The molecule has 1 saturated carbocycles. The van der Waals surface area contributed by atoms with E-state index in [2.05, 4.69) is 12.2 Å². The highest BCUT2D eigenvalue weighted by atomic mass is 16.6. The fraction of sp³-hybridized carbons (Fsp3) is 0.333. The first-order valence-electron chi connectivity index (χ1n) is 9.17. The Morgan fingerprint density at radius 3 is 2.44 bits per heavy atom. The Hall–Kier alpha value is -3.02. The van der Waals surface area contributed by atoms with Crippen LogP contribution in [0.2, 0.25) is 0 Å². The van der Waals surface area contributed by atoms with Gasteiger partial charge in [0, 0.05) is 11.5 Å². The Bertz CT molecular complexity index is 1060. The molecule has 1 aliphatic heterocycles. The minimum absolute atomic E-state index is 0.0289. The molecule has 2 bridgehead atoms. The van der Waals surface area contributed by atoms with Gasteiger partial charge in [0.2, 0.25) is 11.8 Å². The molecule has 0 aromatic heterocycles. The number of fused-ring (bicyclic) bond motifs is 2. The van der Waals surface area contributed by atoms with Gasteiger partial charge in [-0.2, -0.15) is 0 Å². The van der Waals surface area contributed by atoms with Crippen molar-refractivity contribution in [3.63, 3.8) is 0 Å². The molecule has 0 radical (unpaired) electrons. The van der Waals surface area contributed by atoms with E-state index in [0.717, 1.165) is 12.8 Å². The van der Waals surface area contributed by atoms with Gasteiger partial charge in [-0.25, -0.2) is 4.90 Å². The molecule has 1 saturated heterocycles. The van der Waals surface area contributed by atoms with Crippen molar-refractivity contribution in [1.82, 2.24) is 0 Å². The van der Waals surface area contributed by atoms with Crippen LogP contribution in [0.3, 0.4) is 0 Å². The maximum atomic E-state index is 13.5. The van der Waals surface area contributed by atoms with Crippen LogP contribution < -0.4 is 4.90 Å². The van der Waals surface area contributed by atoms with Crippen molar-refractivity contribution in [3.05, 3.63) is 58.7 Å². The molecule has 2 aromatic rings. The Morgan fingerprint density at radius 1 is 1.07 bits per heavy atom. The Balaban J connectivity index is 1.71. The standard InChI is InChI=1S/C21H18N2O4/c1-21-13-8-6-12(7-9-13)18(21)19(24)22(20(21)25)16-10-11-17(23(26)27)15-5-3-2-4-14(15)16/h2-6,8,10-13,18H,7,9H2,1H3/t12-,13+,18+,21+/m1/s1. The van der Waals surface area contributed by atoms with E-state index in [4.69, 9.17) is 0 Å². The van der Waals surface area contributed by atoms with Gasteiger partial charge < -0.3 is 0 Å². The number of hydrogen-bond donors (Lipinski definition) is 0. The minimum atomic E-state index is -0.725. The van der Waals surface area contributed by atoms with Crippen LogP contribution in [0.4, 0.5) is 11.4 Å². The fourth-order valence-corrected chi connectivity index (χ4v) is 5.36. The molecule has 2 fully saturated rings. The van der Waals surface area contributed by atoms with Gasteiger partial charge in [-0.3, -0.25) is 19.7 Å². The summed E-state index contributed by atoms with van der Waals surface area (Å²) in [6.07, 6.45) is 6.02. The Morgan fingerprint density at radius 2 is 1.81 bits per heavy atom. The predicted octanol–water partition coefficient (Wildman–Crippen LogP) is 3.84. The van der Waals surface area contributed by atoms with E-state index in [1.54, 1.807) is 24.3 Å². The summed E-state index contributed by atoms with van der Waals surface area (Å²) in [6, 6.07) is 9.79. The highest BCUT2D eigenvalue weighted by molar-refractivity contribution is 6.27. The molecule has 1 heterocycles. The molecule has 3 aliphatic carbocycles. The Kier molecular flexibility index (Phi) is 3.15. The first kappa shape index (κ1) is 16.2. The SMILES string of the molecule is C[C@@]12C(=O)N(c3ccc([N+](=O)[O-])c4ccccc34)C(=O)[C@@H]1[C@@H]1C=C[C@H]2CC1. The average molecular weight is 362 g/mol. The van der Waals surface area contributed by atoms with Crippen LogP contribution in [0, 0.1) is 33.3 Å². The average Bonchev–Trinajstić information content (AvgIpc) is 2.89. The van der Waals surface area contributed by atoms with Gasteiger partial charge in [0.1, 0.15) is 0 Å². The summed E-state index contributed by atoms with van der Waals surface area (Å²) in [4.78, 5) is 39.0. The van der Waals surface area contributed by atoms with Crippen molar-refractivity contribution < 1.29 is 14.5 Å². The van der Waals surface area contributed by atoms with Gasteiger partial charge in [0.25, 0.3) is 5.69 Å². The molecular formula is C21H18N2O4. The number of anilines is 1. The summed E-state index contributed by atoms with van der Waals surface area (Å²) in [5.74, 6) is -0.553. The smallest absolute Gasteiger partial charge is 0.274 e. The number of imide groups is 1.